The molecule has 1 aromatic heterocycles. The standard InChI is InChI=1S/C19H34N6OS/c1-4-21-19(24(3)13-17-14-27-15(2)23-17)22-9-5-6-10-25-11-7-16(8-12-25)18(20)26/h14,16H,4-13H2,1-3H3,(H2,20,26)(H,21,22). The third-order valence-corrected chi connectivity index (χ3v) is 5.72. The summed E-state index contributed by atoms with van der Waals surface area (Å²) in [5.74, 6) is 0.868. The van der Waals surface area contributed by atoms with Crippen LogP contribution in [-0.2, 0) is 11.3 Å². The predicted molar refractivity (Wildman–Crippen MR) is 112 cm³/mol. The van der Waals surface area contributed by atoms with Crippen LogP contribution in [0.15, 0.2) is 10.4 Å². The number of carbonyl (C=O) groups is 1. The number of hydrogen-bond donors (Lipinski definition) is 2. The van der Waals surface area contributed by atoms with Crippen molar-refractivity contribution in [1.29, 1.82) is 0 Å². The molecule has 0 bridgehead atoms. The van der Waals surface area contributed by atoms with Crippen molar-refractivity contribution in [3.8, 4) is 0 Å². The summed E-state index contributed by atoms with van der Waals surface area (Å²) in [4.78, 5) is 25.1. The van der Waals surface area contributed by atoms with E-state index >= 15 is 0 Å². The summed E-state index contributed by atoms with van der Waals surface area (Å²) in [6.07, 6.45) is 3.99. The van der Waals surface area contributed by atoms with E-state index in [1.165, 1.54) is 0 Å². The molecule has 2 rings (SSSR count). The van der Waals surface area contributed by atoms with Crippen molar-refractivity contribution in [2.45, 2.75) is 46.1 Å². The van der Waals surface area contributed by atoms with E-state index in [0.717, 1.165) is 81.6 Å². The first-order valence-electron chi connectivity index (χ1n) is 9.91. The van der Waals surface area contributed by atoms with E-state index in [2.05, 4.69) is 39.5 Å². The number of aliphatic imine (C=N–C) groups is 1. The Bertz CT molecular complexity index is 609. The lowest BCUT2D eigenvalue weighted by molar-refractivity contribution is -0.123. The van der Waals surface area contributed by atoms with Crippen molar-refractivity contribution in [1.82, 2.24) is 20.1 Å². The quantitative estimate of drug-likeness (QED) is 0.379. The van der Waals surface area contributed by atoms with Gasteiger partial charge in [-0.25, -0.2) is 4.98 Å². The Hall–Kier alpha value is -1.67. The van der Waals surface area contributed by atoms with Crippen molar-refractivity contribution < 1.29 is 4.79 Å². The summed E-state index contributed by atoms with van der Waals surface area (Å²) in [7, 11) is 2.05. The first kappa shape index (κ1) is 21.6. The van der Waals surface area contributed by atoms with Gasteiger partial charge in [-0.05, 0) is 59.2 Å². The minimum absolute atomic E-state index is 0.0746. The molecule has 1 saturated heterocycles. The molecule has 8 heteroatoms. The molecule has 0 radical (unpaired) electrons. The third-order valence-electron chi connectivity index (χ3n) is 4.90. The Balaban J connectivity index is 1.69. The maximum Gasteiger partial charge on any atom is 0.220 e. The summed E-state index contributed by atoms with van der Waals surface area (Å²) in [6, 6.07) is 0. The van der Waals surface area contributed by atoms with E-state index in [9.17, 15) is 4.79 Å². The smallest absolute Gasteiger partial charge is 0.220 e. The normalized spacial score (nSPS) is 16.5. The number of nitrogens with zero attached hydrogens (tertiary/aromatic N) is 4. The van der Waals surface area contributed by atoms with Gasteiger partial charge in [0.2, 0.25) is 5.91 Å². The number of piperidine rings is 1. The van der Waals surface area contributed by atoms with Crippen LogP contribution in [0, 0.1) is 12.8 Å². The fourth-order valence-corrected chi connectivity index (χ4v) is 3.95. The maximum absolute atomic E-state index is 11.2. The number of primary amides is 1. The van der Waals surface area contributed by atoms with Crippen LogP contribution < -0.4 is 11.1 Å². The molecule has 1 amide bonds. The number of nitrogens with two attached hydrogens (primary N) is 1. The molecule has 0 saturated carbocycles. The van der Waals surface area contributed by atoms with E-state index in [4.69, 9.17) is 10.7 Å². The number of rotatable bonds is 9. The largest absolute Gasteiger partial charge is 0.369 e. The van der Waals surface area contributed by atoms with Crippen LogP contribution in [0.25, 0.3) is 0 Å². The molecule has 1 aliphatic rings. The number of nitrogens with one attached hydrogen (secondary N) is 1. The number of unbranched alkanes of at least 4 members (excludes halogenated alkanes) is 1. The molecule has 27 heavy (non-hydrogen) atoms. The summed E-state index contributed by atoms with van der Waals surface area (Å²) in [6.45, 7) is 9.60. The predicted octanol–water partition coefficient (Wildman–Crippen LogP) is 1.83. The van der Waals surface area contributed by atoms with Crippen molar-refractivity contribution in [2.75, 3.05) is 39.8 Å². The van der Waals surface area contributed by atoms with Gasteiger partial charge in [0.05, 0.1) is 17.2 Å². The zero-order chi connectivity index (χ0) is 19.6. The molecule has 0 aromatic carbocycles. The highest BCUT2D eigenvalue weighted by molar-refractivity contribution is 7.09. The lowest BCUT2D eigenvalue weighted by Gasteiger charge is -2.30. The van der Waals surface area contributed by atoms with E-state index in [1.807, 2.05) is 6.92 Å². The number of hydrogen-bond acceptors (Lipinski definition) is 5. The summed E-state index contributed by atoms with van der Waals surface area (Å²) in [5, 5.41) is 6.57. The van der Waals surface area contributed by atoms with Gasteiger partial charge >= 0.3 is 0 Å². The Morgan fingerprint density at radius 3 is 2.78 bits per heavy atom. The average molecular weight is 395 g/mol. The summed E-state index contributed by atoms with van der Waals surface area (Å²) >= 11 is 1.68. The number of guanidine groups is 1. The van der Waals surface area contributed by atoms with Crippen molar-refractivity contribution >= 4 is 23.2 Å². The lowest BCUT2D eigenvalue weighted by atomic mass is 9.96. The topological polar surface area (TPSA) is 86.8 Å². The van der Waals surface area contributed by atoms with Gasteiger partial charge in [0.15, 0.2) is 5.96 Å². The van der Waals surface area contributed by atoms with Crippen LogP contribution in [0.2, 0.25) is 0 Å². The molecule has 0 atom stereocenters. The van der Waals surface area contributed by atoms with E-state index in [-0.39, 0.29) is 11.8 Å². The number of aromatic nitrogens is 1. The minimum Gasteiger partial charge on any atom is -0.369 e. The van der Waals surface area contributed by atoms with Crippen molar-refractivity contribution in [2.24, 2.45) is 16.6 Å². The Kier molecular flexibility index (Phi) is 9.00. The third kappa shape index (κ3) is 7.46. The zero-order valence-corrected chi connectivity index (χ0v) is 17.7. The van der Waals surface area contributed by atoms with Gasteiger partial charge in [-0.15, -0.1) is 11.3 Å². The molecule has 1 aliphatic heterocycles. The minimum atomic E-state index is -0.142. The molecule has 0 aliphatic carbocycles. The molecule has 3 N–H and O–H groups in total. The summed E-state index contributed by atoms with van der Waals surface area (Å²) in [5.41, 5.74) is 6.48. The van der Waals surface area contributed by atoms with Crippen LogP contribution in [0.3, 0.4) is 0 Å². The molecule has 152 valence electrons. The van der Waals surface area contributed by atoms with Gasteiger partial charge in [0, 0.05) is 31.4 Å². The first-order valence-corrected chi connectivity index (χ1v) is 10.8. The Labute approximate surface area is 167 Å². The van der Waals surface area contributed by atoms with Gasteiger partial charge < -0.3 is 20.9 Å². The molecule has 1 aromatic rings. The van der Waals surface area contributed by atoms with E-state index in [0.29, 0.717) is 0 Å². The molecular weight excluding hydrogens is 360 g/mol. The summed E-state index contributed by atoms with van der Waals surface area (Å²) < 4.78 is 0. The van der Waals surface area contributed by atoms with Crippen molar-refractivity contribution in [3.63, 3.8) is 0 Å². The van der Waals surface area contributed by atoms with Gasteiger partial charge in [-0.1, -0.05) is 0 Å². The SMILES string of the molecule is CCNC(=NCCCCN1CCC(C(N)=O)CC1)N(C)Cc1csc(C)n1. The van der Waals surface area contributed by atoms with Crippen LogP contribution in [0.1, 0.15) is 43.3 Å². The molecular formula is C19H34N6OS. The van der Waals surface area contributed by atoms with E-state index < -0.39 is 0 Å². The molecule has 7 nitrogen and oxygen atoms in total. The number of amides is 1. The van der Waals surface area contributed by atoms with Crippen LogP contribution in [0.5, 0.6) is 0 Å². The van der Waals surface area contributed by atoms with Crippen LogP contribution >= 0.6 is 11.3 Å². The second-order valence-electron chi connectivity index (χ2n) is 7.17. The van der Waals surface area contributed by atoms with Gasteiger partial charge in [-0.2, -0.15) is 0 Å². The monoisotopic (exact) mass is 394 g/mol. The van der Waals surface area contributed by atoms with Crippen LogP contribution in [0.4, 0.5) is 0 Å². The fraction of sp³-hybridized carbons (Fsp3) is 0.737. The first-order chi connectivity index (χ1) is 13.0. The molecule has 0 spiro atoms. The van der Waals surface area contributed by atoms with Crippen molar-refractivity contribution in [3.05, 3.63) is 16.1 Å². The zero-order valence-electron chi connectivity index (χ0n) is 16.9. The number of aryl methyl sites for hydroxylation is 1. The second kappa shape index (κ2) is 11.2. The highest BCUT2D eigenvalue weighted by Gasteiger charge is 2.22. The fourth-order valence-electron chi connectivity index (χ4n) is 3.34. The average Bonchev–Trinajstić information content (AvgIpc) is 3.05. The Morgan fingerprint density at radius 2 is 2.19 bits per heavy atom. The lowest BCUT2D eigenvalue weighted by Crippen LogP contribution is -2.39. The van der Waals surface area contributed by atoms with Gasteiger partial charge in [0.25, 0.3) is 0 Å². The maximum atomic E-state index is 11.2. The highest BCUT2D eigenvalue weighted by atomic mass is 32.1. The number of likely N-dealkylation sites (tertiary alicyclic amines) is 1. The highest BCUT2D eigenvalue weighted by Crippen LogP contribution is 2.16. The van der Waals surface area contributed by atoms with E-state index in [1.54, 1.807) is 11.3 Å². The van der Waals surface area contributed by atoms with Gasteiger partial charge in [0.1, 0.15) is 0 Å². The Morgan fingerprint density at radius 1 is 1.44 bits per heavy atom. The molecule has 1 fully saturated rings. The molecule has 2 heterocycles. The number of carbonyl (C=O) groups excluding carboxylic acids is 1. The second-order valence-corrected chi connectivity index (χ2v) is 8.24. The van der Waals surface area contributed by atoms with Gasteiger partial charge in [-0.3, -0.25) is 9.79 Å². The molecule has 0 unspecified atom stereocenters. The van der Waals surface area contributed by atoms with Crippen LogP contribution in [-0.4, -0.2) is 66.4 Å². The number of thiazole rings is 1.